The van der Waals surface area contributed by atoms with Crippen LogP contribution in [-0.4, -0.2) is 40.6 Å². The van der Waals surface area contributed by atoms with E-state index in [4.69, 9.17) is 0 Å². The zero-order valence-electron chi connectivity index (χ0n) is 9.44. The number of likely N-dealkylation sites (tertiary alicyclic amines) is 1. The number of nitrogens with zero attached hydrogens (tertiary/aromatic N) is 3. The summed E-state index contributed by atoms with van der Waals surface area (Å²) in [7, 11) is 0. The molecule has 0 unspecified atom stereocenters. The summed E-state index contributed by atoms with van der Waals surface area (Å²) in [5.41, 5.74) is 0.434. The maximum atomic E-state index is 11.9. The molecule has 5 heteroatoms. The van der Waals surface area contributed by atoms with E-state index in [0.717, 1.165) is 32.5 Å². The summed E-state index contributed by atoms with van der Waals surface area (Å²) in [6.07, 6.45) is 2.18. The molecule has 0 saturated carbocycles. The molecule has 0 bridgehead atoms. The highest BCUT2D eigenvalue weighted by Gasteiger charge is 2.20. The minimum Gasteiger partial charge on any atom is -0.369 e. The van der Waals surface area contributed by atoms with Crippen molar-refractivity contribution in [1.82, 2.24) is 15.1 Å². The summed E-state index contributed by atoms with van der Waals surface area (Å²) in [5.74, 6) is 0.702. The highest BCUT2D eigenvalue weighted by atomic mass is 16.2. The van der Waals surface area contributed by atoms with Crippen LogP contribution < -0.4 is 5.32 Å². The third kappa shape index (κ3) is 2.29. The van der Waals surface area contributed by atoms with Crippen LogP contribution in [0.5, 0.6) is 0 Å². The summed E-state index contributed by atoms with van der Waals surface area (Å²) in [6.45, 7) is 4.48. The van der Waals surface area contributed by atoms with E-state index in [1.165, 1.54) is 0 Å². The third-order valence-electron chi connectivity index (χ3n) is 2.63. The average Bonchev–Trinajstić information content (AvgIpc) is 2.83. The molecule has 0 aliphatic carbocycles. The lowest BCUT2D eigenvalue weighted by Crippen LogP contribution is -2.28. The van der Waals surface area contributed by atoms with Crippen LogP contribution in [0.15, 0.2) is 12.1 Å². The zero-order chi connectivity index (χ0) is 11.4. The van der Waals surface area contributed by atoms with Gasteiger partial charge in [-0.1, -0.05) is 0 Å². The largest absolute Gasteiger partial charge is 0.369 e. The Morgan fingerprint density at radius 2 is 2.12 bits per heavy atom. The molecule has 1 aromatic rings. The lowest BCUT2D eigenvalue weighted by molar-refractivity contribution is 0.0786. The Morgan fingerprint density at radius 3 is 2.69 bits per heavy atom. The third-order valence-corrected chi connectivity index (χ3v) is 2.63. The van der Waals surface area contributed by atoms with Crippen molar-refractivity contribution < 1.29 is 4.79 Å². The molecule has 0 radical (unpaired) electrons. The van der Waals surface area contributed by atoms with Gasteiger partial charge in [-0.3, -0.25) is 4.79 Å². The first-order valence-corrected chi connectivity index (χ1v) is 5.68. The first-order valence-electron chi connectivity index (χ1n) is 5.68. The number of rotatable bonds is 3. The van der Waals surface area contributed by atoms with E-state index in [1.54, 1.807) is 12.1 Å². The highest BCUT2D eigenvalue weighted by Crippen LogP contribution is 2.11. The molecule has 16 heavy (non-hydrogen) atoms. The number of amides is 1. The Labute approximate surface area is 94.9 Å². The molecular formula is C11H16N4O. The molecule has 1 saturated heterocycles. The van der Waals surface area contributed by atoms with Crippen LogP contribution in [0, 0.1) is 0 Å². The van der Waals surface area contributed by atoms with E-state index in [9.17, 15) is 4.79 Å². The Balaban J connectivity index is 2.05. The van der Waals surface area contributed by atoms with E-state index in [0.29, 0.717) is 11.5 Å². The van der Waals surface area contributed by atoms with Gasteiger partial charge in [-0.2, -0.15) is 0 Å². The zero-order valence-corrected chi connectivity index (χ0v) is 9.44. The summed E-state index contributed by atoms with van der Waals surface area (Å²) >= 11 is 0. The van der Waals surface area contributed by atoms with Crippen molar-refractivity contribution in [3.8, 4) is 0 Å². The Bertz CT molecular complexity index is 357. The Morgan fingerprint density at radius 1 is 1.38 bits per heavy atom. The fourth-order valence-corrected chi connectivity index (χ4v) is 1.80. The van der Waals surface area contributed by atoms with Crippen LogP contribution in [0.2, 0.25) is 0 Å². The second-order valence-corrected chi connectivity index (χ2v) is 3.83. The molecule has 0 aromatic carbocycles. The molecule has 1 N–H and O–H groups in total. The standard InChI is InChI=1S/C11H16N4O/c1-2-12-10-6-5-9(13-14-10)11(16)15-7-3-4-8-15/h5-6H,2-4,7-8H2,1H3,(H,12,14). The van der Waals surface area contributed by atoms with Gasteiger partial charge in [0.2, 0.25) is 0 Å². The summed E-state index contributed by atoms with van der Waals surface area (Å²) in [6, 6.07) is 3.52. The van der Waals surface area contributed by atoms with Crippen molar-refractivity contribution >= 4 is 11.7 Å². The molecule has 1 aromatic heterocycles. The van der Waals surface area contributed by atoms with E-state index in [-0.39, 0.29) is 5.91 Å². The molecule has 1 fully saturated rings. The number of carbonyl (C=O) groups excluding carboxylic acids is 1. The second kappa shape index (κ2) is 4.92. The Kier molecular flexibility index (Phi) is 3.34. The van der Waals surface area contributed by atoms with Crippen molar-refractivity contribution in [3.63, 3.8) is 0 Å². The first kappa shape index (κ1) is 10.9. The number of carbonyl (C=O) groups is 1. The van der Waals surface area contributed by atoms with Crippen molar-refractivity contribution in [3.05, 3.63) is 17.8 Å². The van der Waals surface area contributed by atoms with Crippen LogP contribution in [0.25, 0.3) is 0 Å². The molecule has 5 nitrogen and oxygen atoms in total. The van der Waals surface area contributed by atoms with Gasteiger partial charge in [0.1, 0.15) is 5.82 Å². The van der Waals surface area contributed by atoms with Crippen molar-refractivity contribution in [2.75, 3.05) is 25.0 Å². The van der Waals surface area contributed by atoms with Gasteiger partial charge in [0.25, 0.3) is 5.91 Å². The lowest BCUT2D eigenvalue weighted by Gasteiger charge is -2.13. The van der Waals surface area contributed by atoms with Crippen LogP contribution in [0.3, 0.4) is 0 Å². The van der Waals surface area contributed by atoms with Gasteiger partial charge in [0, 0.05) is 19.6 Å². The maximum absolute atomic E-state index is 11.9. The van der Waals surface area contributed by atoms with Crippen molar-refractivity contribution in [1.29, 1.82) is 0 Å². The van der Waals surface area contributed by atoms with Gasteiger partial charge in [-0.15, -0.1) is 10.2 Å². The maximum Gasteiger partial charge on any atom is 0.274 e. The van der Waals surface area contributed by atoms with Crippen LogP contribution in [0.1, 0.15) is 30.3 Å². The van der Waals surface area contributed by atoms with E-state index in [2.05, 4.69) is 15.5 Å². The minimum atomic E-state index is -0.00644. The number of hydrogen-bond donors (Lipinski definition) is 1. The molecule has 1 amide bonds. The van der Waals surface area contributed by atoms with E-state index >= 15 is 0 Å². The smallest absolute Gasteiger partial charge is 0.274 e. The van der Waals surface area contributed by atoms with Gasteiger partial charge in [-0.05, 0) is 31.9 Å². The van der Waals surface area contributed by atoms with Gasteiger partial charge in [0.05, 0.1) is 0 Å². The van der Waals surface area contributed by atoms with Gasteiger partial charge in [0.15, 0.2) is 5.69 Å². The number of anilines is 1. The summed E-state index contributed by atoms with van der Waals surface area (Å²) in [5, 5.41) is 10.9. The molecule has 1 aliphatic rings. The predicted octanol–water partition coefficient (Wildman–Crippen LogP) is 1.14. The number of aromatic nitrogens is 2. The normalized spacial score (nSPS) is 15.2. The van der Waals surface area contributed by atoms with Crippen LogP contribution in [0.4, 0.5) is 5.82 Å². The van der Waals surface area contributed by atoms with Gasteiger partial charge < -0.3 is 10.2 Å². The minimum absolute atomic E-state index is 0.00644. The molecule has 1 aliphatic heterocycles. The van der Waals surface area contributed by atoms with Crippen molar-refractivity contribution in [2.24, 2.45) is 0 Å². The molecule has 2 heterocycles. The number of hydrogen-bond acceptors (Lipinski definition) is 4. The molecule has 0 atom stereocenters. The van der Waals surface area contributed by atoms with Gasteiger partial charge >= 0.3 is 0 Å². The lowest BCUT2D eigenvalue weighted by atomic mass is 10.3. The van der Waals surface area contributed by atoms with Crippen molar-refractivity contribution in [2.45, 2.75) is 19.8 Å². The summed E-state index contributed by atoms with van der Waals surface area (Å²) in [4.78, 5) is 13.7. The number of nitrogens with one attached hydrogen (secondary N) is 1. The molecule has 2 rings (SSSR count). The highest BCUT2D eigenvalue weighted by molar-refractivity contribution is 5.92. The SMILES string of the molecule is CCNc1ccc(C(=O)N2CCCC2)nn1. The quantitative estimate of drug-likeness (QED) is 0.830. The topological polar surface area (TPSA) is 58.1 Å². The predicted molar refractivity (Wildman–Crippen MR) is 61.3 cm³/mol. The average molecular weight is 220 g/mol. The molecule has 0 spiro atoms. The monoisotopic (exact) mass is 220 g/mol. The Hall–Kier alpha value is -1.65. The van der Waals surface area contributed by atoms with Gasteiger partial charge in [-0.25, -0.2) is 0 Å². The summed E-state index contributed by atoms with van der Waals surface area (Å²) < 4.78 is 0. The fourth-order valence-electron chi connectivity index (χ4n) is 1.80. The fraction of sp³-hybridized carbons (Fsp3) is 0.545. The first-order chi connectivity index (χ1) is 7.81. The second-order valence-electron chi connectivity index (χ2n) is 3.83. The molecular weight excluding hydrogens is 204 g/mol. The van der Waals surface area contributed by atoms with E-state index in [1.807, 2.05) is 11.8 Å². The van der Waals surface area contributed by atoms with Crippen LogP contribution in [-0.2, 0) is 0 Å². The van der Waals surface area contributed by atoms with Crippen LogP contribution >= 0.6 is 0 Å². The van der Waals surface area contributed by atoms with E-state index < -0.39 is 0 Å². The molecule has 86 valence electrons.